The maximum atomic E-state index is 10.4. The Labute approximate surface area is 71.6 Å². The largest absolute Gasteiger partial charge is 0.544 e. The third-order valence-electron chi connectivity index (χ3n) is 1.26. The first-order chi connectivity index (χ1) is 5.33. The van der Waals surface area contributed by atoms with E-state index < -0.39 is 11.9 Å². The maximum Gasteiger partial charge on any atom is 0.152 e. The predicted molar refractivity (Wildman–Crippen MR) is 40.3 cm³/mol. The van der Waals surface area contributed by atoms with E-state index in [1.807, 2.05) is 0 Å². The third kappa shape index (κ3) is 7.67. The summed E-state index contributed by atoms with van der Waals surface area (Å²) < 4.78 is 0.142. The zero-order chi connectivity index (χ0) is 9.78. The Morgan fingerprint density at radius 1 is 1.46 bits per heavy atom. The first-order valence-electron chi connectivity index (χ1n) is 3.45. The van der Waals surface area contributed by atoms with Gasteiger partial charge < -0.3 is 31.4 Å². The van der Waals surface area contributed by atoms with E-state index in [0.717, 1.165) is 0 Å². The van der Waals surface area contributed by atoms with Crippen LogP contribution in [0.4, 0.5) is 0 Å². The molecule has 0 fully saturated rings. The summed E-state index contributed by atoms with van der Waals surface area (Å²) in [5, 5.41) is 12.6. The molecule has 0 saturated carbocycles. The van der Waals surface area contributed by atoms with Crippen LogP contribution in [0, 0.1) is 6.92 Å². The Hall–Kier alpha value is -2.23. The van der Waals surface area contributed by atoms with E-state index in [-0.39, 0.29) is 17.7 Å². The standard InChI is InChI=1S/C7H14N2O3.Cm/c1-6(10)8-5-9(2,3)4-7(11)12;/h1,4-5H2,2-3H3,(H,8,10)(H,11,12);/p-1. The van der Waals surface area contributed by atoms with Crippen molar-refractivity contribution in [1.82, 2.24) is 5.32 Å². The molecule has 13 heavy (non-hydrogen) atoms. The number of nitrogens with one attached hydrogen (secondary N) is 1. The van der Waals surface area contributed by atoms with Crippen LogP contribution >= 0.6 is 0 Å². The number of carbonyl (C=O) groups excluding carboxylic acids is 2. The normalized spacial score (nSPS) is 10.0. The van der Waals surface area contributed by atoms with E-state index >= 15 is 0 Å². The van der Waals surface area contributed by atoms with E-state index in [4.69, 9.17) is 0 Å². The third-order valence-corrected chi connectivity index (χ3v) is 1.26. The van der Waals surface area contributed by atoms with Gasteiger partial charge in [-0.15, -0.1) is 0 Å². The zero-order valence-electron chi connectivity index (χ0n) is 7.65. The van der Waals surface area contributed by atoms with Crippen LogP contribution in [0.1, 0.15) is 0 Å². The summed E-state index contributed by atoms with van der Waals surface area (Å²) in [6, 6.07) is 0. The van der Waals surface area contributed by atoms with Crippen molar-refractivity contribution in [3.05, 3.63) is 6.92 Å². The molecule has 0 bridgehead atoms. The average molecular weight is 420 g/mol. The first kappa shape index (κ1) is 13.4. The molecule has 1 amide bonds. The van der Waals surface area contributed by atoms with E-state index in [9.17, 15) is 14.7 Å². The number of carboxylic acid groups (broad SMARTS) is 1. The second kappa shape index (κ2) is 4.61. The predicted octanol–water partition coefficient (Wildman–Crippen LogP) is -2.28. The fourth-order valence-electron chi connectivity index (χ4n) is 0.708. The van der Waals surface area contributed by atoms with E-state index in [0.29, 0.717) is 0 Å². The molecule has 0 spiro atoms. The van der Waals surface area contributed by atoms with Crippen molar-refractivity contribution in [2.45, 2.75) is 0 Å². The minimum Gasteiger partial charge on any atom is -0.544 e. The molecule has 0 radical (unpaired) electrons. The summed E-state index contributed by atoms with van der Waals surface area (Å²) in [5.41, 5.74) is 0. The van der Waals surface area contributed by atoms with Crippen LogP contribution in [0.5, 0.6) is 0 Å². The van der Waals surface area contributed by atoms with Crippen LogP contribution in [-0.2, 0) is 9.59 Å². The van der Waals surface area contributed by atoms with Crippen molar-refractivity contribution in [3.8, 4) is 0 Å². The molecule has 0 aliphatic rings. The Balaban J connectivity index is 0. The molecule has 0 aromatic carbocycles. The molecule has 6 heteroatoms. The van der Waals surface area contributed by atoms with Gasteiger partial charge in [0.2, 0.25) is 0 Å². The van der Waals surface area contributed by atoms with Crippen molar-refractivity contribution in [3.63, 3.8) is 0 Å². The van der Waals surface area contributed by atoms with Gasteiger partial charge >= 0.3 is 0 Å². The number of rotatable bonds is 4. The maximum absolute atomic E-state index is 10.4. The van der Waals surface area contributed by atoms with Crippen LogP contribution < -0.4 is 10.4 Å². The molecule has 5 nitrogen and oxygen atoms in total. The molecule has 0 saturated heterocycles. The number of quaternary nitrogens is 1. The molecule has 1 N–H and O–H groups in total. The molecule has 0 heterocycles. The van der Waals surface area contributed by atoms with Crippen LogP contribution in [0.2, 0.25) is 0 Å². The number of hydrogen-bond donors (Lipinski definition) is 1. The van der Waals surface area contributed by atoms with Gasteiger partial charge in [0.25, 0.3) is 0 Å². The SMILES string of the molecule is [CH2-]C(=O)NC[N+](C)(C)CC(=O)[O-].[Cm]. The number of nitrogens with zero attached hydrogens (tertiary/aromatic N) is 1. The number of likely N-dealkylation sites (N-methyl/N-ethyl adjacent to an activating group) is 1. The van der Waals surface area contributed by atoms with Gasteiger partial charge in [0.1, 0.15) is 6.54 Å². The number of carboxylic acids is 1. The molecular formula is C7H13CmN2O3-. The van der Waals surface area contributed by atoms with Gasteiger partial charge in [-0.2, -0.15) is 0 Å². The summed E-state index contributed by atoms with van der Waals surface area (Å²) in [5.74, 6) is -1.56. The van der Waals surface area contributed by atoms with Gasteiger partial charge in [0, 0.05) is 0 Å². The molecule has 78 valence electrons. The van der Waals surface area contributed by atoms with Gasteiger partial charge in [-0.1, -0.05) is 0 Å². The molecule has 0 aliphatic heterocycles. The summed E-state index contributed by atoms with van der Waals surface area (Å²) in [6.45, 7) is 3.19. The quantitative estimate of drug-likeness (QED) is 0.317. The monoisotopic (exact) mass is 416 g/mol. The molecule has 0 unspecified atom stereocenters. The van der Waals surface area contributed by atoms with Crippen molar-refractivity contribution in [2.24, 2.45) is 0 Å². The van der Waals surface area contributed by atoms with Gasteiger partial charge in [-0.25, -0.2) is 0 Å². The molecular weight excluding hydrogens is 407 g/mol. The van der Waals surface area contributed by atoms with Crippen LogP contribution in [0.3, 0.4) is 0 Å². The minimum atomic E-state index is -1.14. The summed E-state index contributed by atoms with van der Waals surface area (Å²) in [6.07, 6.45) is 0. The van der Waals surface area contributed by atoms with Gasteiger partial charge in [-0.3, -0.25) is 0 Å². The molecule has 0 aromatic heterocycles. The van der Waals surface area contributed by atoms with Crippen LogP contribution in [0.25, 0.3) is 0 Å². The van der Waals surface area contributed by atoms with Crippen molar-refractivity contribution in [1.29, 1.82) is 0 Å². The smallest absolute Gasteiger partial charge is 0.152 e. The average Bonchev–Trinajstić information content (AvgIpc) is 1.81. The fourth-order valence-corrected chi connectivity index (χ4v) is 0.708. The summed E-state index contributed by atoms with van der Waals surface area (Å²) in [7, 11) is 3.34. The Kier molecular flexibility index (Phi) is 4.74. The topological polar surface area (TPSA) is 69.2 Å². The number of amides is 1. The zero-order valence-corrected chi connectivity index (χ0v) is 10.6. The second-order valence-corrected chi connectivity index (χ2v) is 3.22. The van der Waals surface area contributed by atoms with Gasteiger partial charge in [0.05, 0.1) is 26.0 Å². The Morgan fingerprint density at radius 2 is 1.92 bits per heavy atom. The molecule has 0 rings (SSSR count). The van der Waals surface area contributed by atoms with E-state index in [1.165, 1.54) is 0 Å². The molecule has 0 aliphatic carbocycles. The molecule has 0 aromatic rings. The van der Waals surface area contributed by atoms with Crippen molar-refractivity contribution < 1.29 is 19.2 Å². The van der Waals surface area contributed by atoms with Crippen molar-refractivity contribution >= 4 is 11.9 Å². The number of carbonyl (C=O) groups is 2. The first-order valence-corrected chi connectivity index (χ1v) is 3.45. The van der Waals surface area contributed by atoms with Gasteiger partial charge in [-0.05, 0) is 0 Å². The minimum absolute atomic E-state index is 0. The fraction of sp³-hybridized carbons (Fsp3) is 0.571. The van der Waals surface area contributed by atoms with Gasteiger partial charge in [0.15, 0.2) is 6.67 Å². The Morgan fingerprint density at radius 3 is 2.23 bits per heavy atom. The molecule has 0 atom stereocenters. The summed E-state index contributed by atoms with van der Waals surface area (Å²) >= 11 is 0. The Bertz CT molecular complexity index is 194. The van der Waals surface area contributed by atoms with E-state index in [1.54, 1.807) is 14.1 Å². The number of aliphatic carboxylic acids is 1. The van der Waals surface area contributed by atoms with Crippen molar-refractivity contribution in [2.75, 3.05) is 27.3 Å². The number of hydrogen-bond acceptors (Lipinski definition) is 3. The summed E-state index contributed by atoms with van der Waals surface area (Å²) in [4.78, 5) is 20.6. The van der Waals surface area contributed by atoms with E-state index in [2.05, 4.69) is 12.2 Å². The second-order valence-electron chi connectivity index (χ2n) is 3.22. The van der Waals surface area contributed by atoms with Crippen LogP contribution in [0.15, 0.2) is 0 Å². The van der Waals surface area contributed by atoms with Crippen LogP contribution in [-0.4, -0.2) is 43.7 Å².